The molecule has 0 aliphatic carbocycles. The maximum atomic E-state index is 6.01. The Kier molecular flexibility index (Phi) is 4.02. The van der Waals surface area contributed by atoms with Gasteiger partial charge in [0.15, 0.2) is 11.6 Å². The van der Waals surface area contributed by atoms with E-state index in [1.54, 1.807) is 0 Å². The van der Waals surface area contributed by atoms with Crippen molar-refractivity contribution in [2.45, 2.75) is 83.8 Å². The fourth-order valence-electron chi connectivity index (χ4n) is 2.68. The molecule has 3 unspecified atom stereocenters. The van der Waals surface area contributed by atoms with Crippen LogP contribution in [-0.2, 0) is 18.9 Å². The van der Waals surface area contributed by atoms with Crippen LogP contribution in [0.5, 0.6) is 0 Å². The Morgan fingerprint density at radius 1 is 1.00 bits per heavy atom. The van der Waals surface area contributed by atoms with Gasteiger partial charge in [-0.2, -0.15) is 0 Å². The number of unbranched alkanes of at least 4 members (excludes halogenated alkanes) is 1. The van der Waals surface area contributed by atoms with E-state index in [0.29, 0.717) is 6.61 Å². The van der Waals surface area contributed by atoms with Crippen molar-refractivity contribution >= 4 is 0 Å². The van der Waals surface area contributed by atoms with Gasteiger partial charge in [-0.3, -0.25) is 0 Å². The molecule has 2 saturated heterocycles. The van der Waals surface area contributed by atoms with Crippen LogP contribution in [0.1, 0.15) is 53.9 Å². The Bertz CT molecular complexity index is 288. The Balaban J connectivity index is 2.00. The van der Waals surface area contributed by atoms with Gasteiger partial charge in [-0.1, -0.05) is 19.8 Å². The predicted octanol–water partition coefficient (Wildman–Crippen LogP) is 2.85. The summed E-state index contributed by atoms with van der Waals surface area (Å²) in [5.74, 6) is -1.02. The third kappa shape index (κ3) is 3.23. The van der Waals surface area contributed by atoms with E-state index in [4.69, 9.17) is 18.9 Å². The summed E-state index contributed by atoms with van der Waals surface area (Å²) in [5.41, 5.74) is 0. The van der Waals surface area contributed by atoms with Gasteiger partial charge in [0.2, 0.25) is 0 Å². The highest BCUT2D eigenvalue weighted by molar-refractivity contribution is 4.90. The van der Waals surface area contributed by atoms with E-state index in [0.717, 1.165) is 12.8 Å². The fourth-order valence-corrected chi connectivity index (χ4v) is 2.68. The summed E-state index contributed by atoms with van der Waals surface area (Å²) in [6.07, 6.45) is 3.41. The molecular formula is C14H26O4. The predicted molar refractivity (Wildman–Crippen MR) is 68.3 cm³/mol. The van der Waals surface area contributed by atoms with E-state index >= 15 is 0 Å². The van der Waals surface area contributed by atoms with Crippen LogP contribution < -0.4 is 0 Å². The van der Waals surface area contributed by atoms with Crippen molar-refractivity contribution in [1.29, 1.82) is 0 Å². The molecule has 2 heterocycles. The molecule has 0 amide bonds. The molecule has 2 rings (SSSR count). The van der Waals surface area contributed by atoms with E-state index in [2.05, 4.69) is 6.92 Å². The van der Waals surface area contributed by atoms with Crippen molar-refractivity contribution in [3.8, 4) is 0 Å². The Morgan fingerprint density at radius 2 is 1.72 bits per heavy atom. The van der Waals surface area contributed by atoms with Crippen molar-refractivity contribution in [3.05, 3.63) is 0 Å². The molecule has 3 atom stereocenters. The summed E-state index contributed by atoms with van der Waals surface area (Å²) in [6.45, 7) is 10.6. The maximum Gasteiger partial charge on any atom is 0.163 e. The van der Waals surface area contributed by atoms with Crippen molar-refractivity contribution in [1.82, 2.24) is 0 Å². The molecule has 0 aromatic rings. The summed E-state index contributed by atoms with van der Waals surface area (Å²) in [6, 6.07) is 0. The van der Waals surface area contributed by atoms with Gasteiger partial charge in [-0.05, 0) is 34.1 Å². The second-order valence-electron chi connectivity index (χ2n) is 6.15. The highest BCUT2D eigenvalue weighted by atomic mass is 16.8. The van der Waals surface area contributed by atoms with E-state index in [-0.39, 0.29) is 18.3 Å². The smallest absolute Gasteiger partial charge is 0.163 e. The van der Waals surface area contributed by atoms with Crippen molar-refractivity contribution < 1.29 is 18.9 Å². The minimum Gasteiger partial charge on any atom is -0.348 e. The standard InChI is InChI=1S/C14H26O4/c1-6-7-8-10-12(18-14(4,5)16-10)11-9-15-13(2,3)17-11/h10-12H,6-9H2,1-5H3. The van der Waals surface area contributed by atoms with Crippen LogP contribution in [-0.4, -0.2) is 36.5 Å². The third-order valence-corrected chi connectivity index (χ3v) is 3.46. The second-order valence-corrected chi connectivity index (χ2v) is 6.15. The molecule has 2 fully saturated rings. The summed E-state index contributed by atoms with van der Waals surface area (Å²) in [5, 5.41) is 0. The summed E-state index contributed by atoms with van der Waals surface area (Å²) in [7, 11) is 0. The molecule has 0 N–H and O–H groups in total. The quantitative estimate of drug-likeness (QED) is 0.777. The first-order valence-corrected chi connectivity index (χ1v) is 7.00. The minimum absolute atomic E-state index is 0.0201. The number of rotatable bonds is 4. The summed E-state index contributed by atoms with van der Waals surface area (Å²) >= 11 is 0. The zero-order chi connectivity index (χ0) is 13.4. The molecule has 4 heteroatoms. The fraction of sp³-hybridized carbons (Fsp3) is 1.00. The van der Waals surface area contributed by atoms with Crippen LogP contribution in [0.25, 0.3) is 0 Å². The Labute approximate surface area is 110 Å². The van der Waals surface area contributed by atoms with Gasteiger partial charge in [-0.25, -0.2) is 0 Å². The van der Waals surface area contributed by atoms with Crippen LogP contribution in [0, 0.1) is 0 Å². The van der Waals surface area contributed by atoms with E-state index in [1.165, 1.54) is 6.42 Å². The summed E-state index contributed by atoms with van der Waals surface area (Å²) in [4.78, 5) is 0. The lowest BCUT2D eigenvalue weighted by molar-refractivity contribution is -0.174. The lowest BCUT2D eigenvalue weighted by atomic mass is 10.0. The molecule has 0 aromatic carbocycles. The molecule has 106 valence electrons. The minimum atomic E-state index is -0.515. The van der Waals surface area contributed by atoms with Gasteiger partial charge < -0.3 is 18.9 Å². The van der Waals surface area contributed by atoms with Gasteiger partial charge in [0, 0.05) is 0 Å². The first-order valence-electron chi connectivity index (χ1n) is 7.00. The molecule has 2 aliphatic rings. The Morgan fingerprint density at radius 3 is 2.28 bits per heavy atom. The third-order valence-electron chi connectivity index (χ3n) is 3.46. The highest BCUT2D eigenvalue weighted by Gasteiger charge is 2.49. The van der Waals surface area contributed by atoms with Gasteiger partial charge in [0.05, 0.1) is 12.7 Å². The van der Waals surface area contributed by atoms with E-state index in [9.17, 15) is 0 Å². The topological polar surface area (TPSA) is 36.9 Å². The van der Waals surface area contributed by atoms with Crippen molar-refractivity contribution in [2.75, 3.05) is 6.61 Å². The number of hydrogen-bond donors (Lipinski definition) is 0. The van der Waals surface area contributed by atoms with Gasteiger partial charge >= 0.3 is 0 Å². The van der Waals surface area contributed by atoms with Crippen LogP contribution in [0.4, 0.5) is 0 Å². The largest absolute Gasteiger partial charge is 0.348 e. The lowest BCUT2D eigenvalue weighted by Gasteiger charge is -2.23. The van der Waals surface area contributed by atoms with Crippen LogP contribution in [0.15, 0.2) is 0 Å². The van der Waals surface area contributed by atoms with E-state index in [1.807, 2.05) is 27.7 Å². The van der Waals surface area contributed by atoms with Crippen molar-refractivity contribution in [2.24, 2.45) is 0 Å². The Hall–Kier alpha value is -0.160. The van der Waals surface area contributed by atoms with Gasteiger partial charge in [0.1, 0.15) is 12.2 Å². The molecule has 0 spiro atoms. The first kappa shape index (κ1) is 14.3. The lowest BCUT2D eigenvalue weighted by Crippen LogP contribution is -2.38. The average molecular weight is 258 g/mol. The maximum absolute atomic E-state index is 6.01. The number of hydrogen-bond acceptors (Lipinski definition) is 4. The van der Waals surface area contributed by atoms with Crippen LogP contribution in [0.2, 0.25) is 0 Å². The molecule has 0 saturated carbocycles. The highest BCUT2D eigenvalue weighted by Crippen LogP contribution is 2.37. The molecule has 18 heavy (non-hydrogen) atoms. The van der Waals surface area contributed by atoms with Gasteiger partial charge in [0.25, 0.3) is 0 Å². The van der Waals surface area contributed by atoms with Crippen LogP contribution >= 0.6 is 0 Å². The monoisotopic (exact) mass is 258 g/mol. The SMILES string of the molecule is CCCCC1OC(C)(C)OC1C1COC(C)(C)O1. The summed E-state index contributed by atoms with van der Waals surface area (Å²) < 4.78 is 23.5. The molecule has 0 radical (unpaired) electrons. The zero-order valence-corrected chi connectivity index (χ0v) is 12.2. The molecule has 0 aromatic heterocycles. The van der Waals surface area contributed by atoms with Crippen LogP contribution in [0.3, 0.4) is 0 Å². The molecule has 0 bridgehead atoms. The average Bonchev–Trinajstić information content (AvgIpc) is 2.75. The second kappa shape index (κ2) is 5.08. The molecule has 4 nitrogen and oxygen atoms in total. The zero-order valence-electron chi connectivity index (χ0n) is 12.2. The van der Waals surface area contributed by atoms with Gasteiger partial charge in [-0.15, -0.1) is 0 Å². The number of ether oxygens (including phenoxy) is 4. The molecular weight excluding hydrogens is 232 g/mol. The molecule has 2 aliphatic heterocycles. The first-order chi connectivity index (χ1) is 8.33. The normalized spacial score (nSPS) is 38.2. The van der Waals surface area contributed by atoms with Crippen molar-refractivity contribution in [3.63, 3.8) is 0 Å². The van der Waals surface area contributed by atoms with E-state index < -0.39 is 11.6 Å².